The molecule has 13 atom stereocenters. The Kier molecular flexibility index (Phi) is 15.4. The average molecular weight is 759 g/mol. The third-order valence-electron chi connectivity index (χ3n) is 11.2. The van der Waals surface area contributed by atoms with Crippen molar-refractivity contribution < 1.29 is 47.0 Å². The lowest BCUT2D eigenvalue weighted by Gasteiger charge is -2.46. The van der Waals surface area contributed by atoms with Crippen LogP contribution in [0.15, 0.2) is 5.11 Å². The lowest BCUT2D eigenvalue weighted by atomic mass is 9.78. The van der Waals surface area contributed by atoms with Crippen molar-refractivity contribution in [1.29, 1.82) is 0 Å². The molecule has 0 aromatic rings. The molecule has 0 aliphatic carbocycles. The zero-order chi connectivity index (χ0) is 39.2. The van der Waals surface area contributed by atoms with E-state index in [2.05, 4.69) is 15.3 Å². The maximum absolute atomic E-state index is 16.8. The van der Waals surface area contributed by atoms with E-state index in [4.69, 9.17) is 29.2 Å². The van der Waals surface area contributed by atoms with Crippen LogP contribution in [-0.2, 0) is 37.8 Å². The summed E-state index contributed by atoms with van der Waals surface area (Å²) in [5.74, 6) is -3.86. The molecule has 0 saturated carbocycles. The predicted molar refractivity (Wildman–Crippen MR) is 192 cm³/mol. The van der Waals surface area contributed by atoms with Crippen molar-refractivity contribution in [2.75, 3.05) is 40.8 Å². The normalized spacial score (nSPS) is 41.1. The highest BCUT2D eigenvalue weighted by molar-refractivity contribution is 7.25. The van der Waals surface area contributed by atoms with Crippen LogP contribution in [0.4, 0.5) is 9.18 Å². The molecule has 52 heavy (non-hydrogen) atoms. The average Bonchev–Trinajstić information content (AvgIpc) is 3.35. The van der Waals surface area contributed by atoms with E-state index in [0.29, 0.717) is 32.2 Å². The first-order chi connectivity index (χ1) is 24.3. The Bertz CT molecular complexity index is 1320. The molecule has 0 aromatic carbocycles. The van der Waals surface area contributed by atoms with Gasteiger partial charge in [-0.25, -0.2) is 14.0 Å². The Hall–Kier alpha value is -2.45. The van der Waals surface area contributed by atoms with Crippen molar-refractivity contribution in [3.05, 3.63) is 10.4 Å². The standard InChI is InChI=1S/C35H60FN6O9P/c1-12-25-35(8)27(42(32(45)51-35)16-14-13-15-39-40-37)23(5)38-19-20(2)18-33(6,47-11)29(22(4)28(43)34(7,36)31(44)49-25)50-30-26(52-46)24(41(9)10)17-21(3)48-30/h20-27,29-30,38H,12-19H2,1-11H3/t20-,21?,22-,23-,24?,25-,26?,27-,29-,30+,33-,34-,35-/m1/s1. The number of hydrogen-bond donors (Lipinski definition) is 1. The van der Waals surface area contributed by atoms with Gasteiger partial charge >= 0.3 is 12.1 Å². The minimum atomic E-state index is -3.13. The molecular formula is C35H60FN6O9P. The molecule has 3 aliphatic rings. The highest BCUT2D eigenvalue weighted by Crippen LogP contribution is 2.41. The number of hydrogen-bond acceptors (Lipinski definition) is 12. The van der Waals surface area contributed by atoms with Crippen LogP contribution in [0.2, 0.25) is 0 Å². The van der Waals surface area contributed by atoms with Gasteiger partial charge in [-0.3, -0.25) is 14.3 Å². The number of rotatable bonds is 11. The summed E-state index contributed by atoms with van der Waals surface area (Å²) in [5.41, 5.74) is 2.27. The van der Waals surface area contributed by atoms with Gasteiger partial charge in [-0.1, -0.05) is 25.9 Å². The summed E-state index contributed by atoms with van der Waals surface area (Å²) in [4.78, 5) is 47.8. The van der Waals surface area contributed by atoms with E-state index < -0.39 is 76.9 Å². The number of carbonyl (C=O) groups excluding carboxylic acids is 3. The molecule has 0 spiro atoms. The van der Waals surface area contributed by atoms with Gasteiger partial charge in [0.1, 0.15) is 11.8 Å². The number of azide groups is 1. The molecule has 15 nitrogen and oxygen atoms in total. The van der Waals surface area contributed by atoms with Crippen LogP contribution < -0.4 is 5.32 Å². The van der Waals surface area contributed by atoms with Gasteiger partial charge in [-0.2, -0.15) is 0 Å². The second-order valence-electron chi connectivity index (χ2n) is 15.6. The van der Waals surface area contributed by atoms with Gasteiger partial charge in [0.2, 0.25) is 0 Å². The zero-order valence-corrected chi connectivity index (χ0v) is 33.6. The quantitative estimate of drug-likeness (QED) is 0.0539. The van der Waals surface area contributed by atoms with E-state index in [0.717, 1.165) is 6.92 Å². The van der Waals surface area contributed by atoms with Crippen molar-refractivity contribution in [2.24, 2.45) is 17.0 Å². The third kappa shape index (κ3) is 9.43. The van der Waals surface area contributed by atoms with E-state index in [1.54, 1.807) is 25.7 Å². The number of carbonyl (C=O) groups is 3. The number of unbranched alkanes of at least 4 members (excludes halogenated alkanes) is 1. The second kappa shape index (κ2) is 18.3. The first-order valence-electron chi connectivity index (χ1n) is 18.4. The van der Waals surface area contributed by atoms with E-state index >= 15 is 4.39 Å². The monoisotopic (exact) mass is 758 g/mol. The lowest BCUT2D eigenvalue weighted by Crippen LogP contribution is -2.61. The molecule has 296 valence electrons. The Morgan fingerprint density at radius 3 is 2.40 bits per heavy atom. The largest absolute Gasteiger partial charge is 0.455 e. The summed E-state index contributed by atoms with van der Waals surface area (Å²) >= 11 is 0. The van der Waals surface area contributed by atoms with Gasteiger partial charge in [-0.05, 0) is 98.8 Å². The number of amides is 1. The van der Waals surface area contributed by atoms with Gasteiger partial charge in [0.15, 0.2) is 26.1 Å². The van der Waals surface area contributed by atoms with E-state index in [9.17, 15) is 18.9 Å². The fourth-order valence-electron chi connectivity index (χ4n) is 8.29. The number of ketones is 1. The van der Waals surface area contributed by atoms with Crippen LogP contribution in [0.3, 0.4) is 0 Å². The minimum Gasteiger partial charge on any atom is -0.455 e. The summed E-state index contributed by atoms with van der Waals surface area (Å²) < 4.78 is 60.2. The summed E-state index contributed by atoms with van der Waals surface area (Å²) in [6, 6.07) is -1.23. The van der Waals surface area contributed by atoms with Crippen molar-refractivity contribution in [3.63, 3.8) is 0 Å². The molecule has 0 aromatic heterocycles. The number of nitrogens with one attached hydrogen (secondary N) is 1. The molecule has 3 saturated heterocycles. The highest BCUT2D eigenvalue weighted by Gasteiger charge is 2.60. The smallest absolute Gasteiger partial charge is 0.410 e. The molecule has 17 heteroatoms. The molecular weight excluding hydrogens is 698 g/mol. The van der Waals surface area contributed by atoms with E-state index in [1.807, 2.05) is 39.8 Å². The maximum Gasteiger partial charge on any atom is 0.410 e. The van der Waals surface area contributed by atoms with Crippen LogP contribution in [-0.4, -0.2) is 134 Å². The molecule has 1 N–H and O–H groups in total. The molecule has 0 bridgehead atoms. The molecule has 3 heterocycles. The Balaban J connectivity index is 2.09. The molecule has 3 fully saturated rings. The Morgan fingerprint density at radius 1 is 1.15 bits per heavy atom. The fraction of sp³-hybridized carbons (Fsp3) is 0.914. The lowest BCUT2D eigenvalue weighted by molar-refractivity contribution is -0.260. The number of Topliss-reactive ketones (excluding diaryl/α,β-unsaturated/α-hetero) is 1. The Morgan fingerprint density at radius 2 is 1.83 bits per heavy atom. The van der Waals surface area contributed by atoms with Crippen LogP contribution in [0.5, 0.6) is 0 Å². The van der Waals surface area contributed by atoms with Crippen LogP contribution in [0.25, 0.3) is 10.4 Å². The van der Waals surface area contributed by atoms with Crippen molar-refractivity contribution in [1.82, 2.24) is 15.1 Å². The SMILES string of the molecule is CC[C@H]1OC(=O)[C@](C)(F)C(=O)[C@@H](C)[C@@H](O[C@@H]2OC(C)CC(N(C)C)C2P=O)[C@](C)(OC)C[C@@H](C)CN[C@H](C)[C@H]2N(CCCCN=[N+]=[N-])C(=O)O[C@]12C. The zero-order valence-electron chi connectivity index (χ0n) is 32.7. The number of ether oxygens (including phenoxy) is 5. The number of esters is 1. The summed E-state index contributed by atoms with van der Waals surface area (Å²) in [6.45, 7) is 14.3. The highest BCUT2D eigenvalue weighted by atomic mass is 31.1. The van der Waals surface area contributed by atoms with Crippen LogP contribution in [0, 0.1) is 11.8 Å². The molecule has 3 rings (SSSR count). The van der Waals surface area contributed by atoms with Gasteiger partial charge < -0.3 is 33.9 Å². The number of alkyl halides is 1. The summed E-state index contributed by atoms with van der Waals surface area (Å²) in [6.07, 6.45) is -2.01. The van der Waals surface area contributed by atoms with Crippen LogP contribution in [0.1, 0.15) is 87.5 Å². The minimum absolute atomic E-state index is 0.113. The van der Waals surface area contributed by atoms with E-state index in [1.165, 1.54) is 14.0 Å². The first kappa shape index (κ1) is 44.0. The second-order valence-corrected chi connectivity index (χ2v) is 16.4. The van der Waals surface area contributed by atoms with Gasteiger partial charge in [0, 0.05) is 43.1 Å². The number of methoxy groups -OCH3 is 1. The van der Waals surface area contributed by atoms with Gasteiger partial charge in [-0.15, -0.1) is 0 Å². The molecule has 3 unspecified atom stereocenters. The van der Waals surface area contributed by atoms with Crippen molar-refractivity contribution in [3.8, 4) is 0 Å². The predicted octanol–water partition coefficient (Wildman–Crippen LogP) is 5.45. The number of nitrogens with zero attached hydrogens (tertiary/aromatic N) is 5. The van der Waals surface area contributed by atoms with Crippen LogP contribution >= 0.6 is 8.46 Å². The fourth-order valence-corrected chi connectivity index (χ4v) is 9.06. The number of fused-ring (bicyclic) bond motifs is 1. The molecule has 0 radical (unpaired) electrons. The molecule has 3 aliphatic heterocycles. The topological polar surface area (TPSA) is 182 Å². The third-order valence-corrected chi connectivity index (χ3v) is 12.0. The van der Waals surface area contributed by atoms with Crippen molar-refractivity contribution >= 4 is 26.3 Å². The van der Waals surface area contributed by atoms with E-state index in [-0.39, 0.29) is 46.0 Å². The number of cyclic esters (lactones) is 1. The van der Waals surface area contributed by atoms with Gasteiger partial charge in [0.05, 0.1) is 23.9 Å². The molecule has 1 amide bonds. The van der Waals surface area contributed by atoms with Gasteiger partial charge in [0.25, 0.3) is 5.67 Å². The first-order valence-corrected chi connectivity index (χ1v) is 19.2. The number of halogens is 1. The summed E-state index contributed by atoms with van der Waals surface area (Å²) in [5, 5.41) is 7.13. The van der Waals surface area contributed by atoms with Crippen molar-refractivity contribution in [2.45, 2.75) is 153 Å². The Labute approximate surface area is 309 Å². The maximum atomic E-state index is 16.8. The summed E-state index contributed by atoms with van der Waals surface area (Å²) in [7, 11) is 5.04.